The molecular weight excluding hydrogens is 505 g/mol. The summed E-state index contributed by atoms with van der Waals surface area (Å²) in [5, 5.41) is 0. The second-order valence-corrected chi connectivity index (χ2v) is 7.91. The summed E-state index contributed by atoms with van der Waals surface area (Å²) in [6.07, 6.45) is -1.54. The van der Waals surface area contributed by atoms with E-state index in [1.807, 2.05) is 0 Å². The number of esters is 3. The van der Waals surface area contributed by atoms with Gasteiger partial charge >= 0.3 is 24.1 Å². The lowest BCUT2D eigenvalue weighted by Gasteiger charge is -2.08. The average Bonchev–Trinajstić information content (AvgIpc) is 2.87. The van der Waals surface area contributed by atoms with Crippen LogP contribution in [0.15, 0.2) is 72.8 Å². The Morgan fingerprint density at radius 3 is 1.97 bits per heavy atom. The Balaban J connectivity index is 1.39. The van der Waals surface area contributed by atoms with E-state index in [0.29, 0.717) is 16.9 Å². The van der Waals surface area contributed by atoms with Crippen molar-refractivity contribution in [3.8, 4) is 5.75 Å². The first-order valence-corrected chi connectivity index (χ1v) is 11.2. The largest absolute Gasteiger partial charge is 0.462 e. The number of carbonyl (C=O) groups excluding carboxylic acids is 3. The molecule has 3 aromatic carbocycles. The first kappa shape index (κ1) is 27.8. The van der Waals surface area contributed by atoms with Gasteiger partial charge in [-0.3, -0.25) is 0 Å². The average molecular weight is 528 g/mol. The molecule has 3 rings (SSSR count). The molecule has 0 heterocycles. The van der Waals surface area contributed by atoms with E-state index in [2.05, 4.69) is 0 Å². The first-order valence-electron chi connectivity index (χ1n) is 11.2. The minimum atomic E-state index is -4.50. The summed E-state index contributed by atoms with van der Waals surface area (Å²) in [5.41, 5.74) is 11.9. The van der Waals surface area contributed by atoms with Crippen molar-refractivity contribution in [2.75, 3.05) is 24.7 Å². The molecule has 8 nitrogen and oxygen atoms in total. The van der Waals surface area contributed by atoms with Crippen LogP contribution in [0.4, 0.5) is 24.5 Å². The molecule has 0 radical (unpaired) electrons. The van der Waals surface area contributed by atoms with Crippen LogP contribution in [-0.2, 0) is 20.4 Å². The maximum Gasteiger partial charge on any atom is 0.416 e. The van der Waals surface area contributed by atoms with Gasteiger partial charge in [-0.15, -0.1) is 0 Å². The third-order valence-electron chi connectivity index (χ3n) is 4.93. The Morgan fingerprint density at radius 2 is 1.37 bits per heavy atom. The van der Waals surface area contributed by atoms with Gasteiger partial charge in [0.1, 0.15) is 5.75 Å². The lowest BCUT2D eigenvalue weighted by molar-refractivity contribution is -0.138. The smallest absolute Gasteiger partial charge is 0.416 e. The standard InChI is InChI=1S/C27H23F3N2O6/c28-27(29,30)20-7-5-18(6-8-20)26(35)38-23-9-2-17(3-10-23)4-11-24(33)36-12-1-13-37-25(34)19-14-21(31)16-22(32)15-19/h2-11,14-16H,1,12-13,31-32H2/b11-4+. The van der Waals surface area contributed by atoms with E-state index in [1.54, 1.807) is 12.1 Å². The molecule has 0 saturated carbocycles. The van der Waals surface area contributed by atoms with Crippen LogP contribution in [0.5, 0.6) is 5.75 Å². The van der Waals surface area contributed by atoms with E-state index in [1.165, 1.54) is 42.5 Å². The van der Waals surface area contributed by atoms with E-state index in [4.69, 9.17) is 25.7 Å². The van der Waals surface area contributed by atoms with Crippen LogP contribution in [0, 0.1) is 0 Å². The molecule has 0 bridgehead atoms. The van der Waals surface area contributed by atoms with Crippen molar-refractivity contribution < 1.29 is 41.8 Å². The van der Waals surface area contributed by atoms with Crippen molar-refractivity contribution in [2.24, 2.45) is 0 Å². The Labute approximate surface area is 215 Å². The normalized spacial score (nSPS) is 11.2. The minimum Gasteiger partial charge on any atom is -0.462 e. The number of carbonyl (C=O) groups is 3. The number of rotatable bonds is 9. The summed E-state index contributed by atoms with van der Waals surface area (Å²) < 4.78 is 53.2. The molecule has 0 saturated heterocycles. The fourth-order valence-electron chi connectivity index (χ4n) is 3.09. The van der Waals surface area contributed by atoms with Gasteiger partial charge in [0.2, 0.25) is 0 Å². The summed E-state index contributed by atoms with van der Waals surface area (Å²) in [6, 6.07) is 14.1. The minimum absolute atomic E-state index is 0.0222. The van der Waals surface area contributed by atoms with Crippen LogP contribution in [0.2, 0.25) is 0 Å². The fraction of sp³-hybridized carbons (Fsp3) is 0.148. The molecule has 0 amide bonds. The highest BCUT2D eigenvalue weighted by atomic mass is 19.4. The van der Waals surface area contributed by atoms with Gasteiger partial charge in [-0.25, -0.2) is 14.4 Å². The fourth-order valence-corrected chi connectivity index (χ4v) is 3.09. The zero-order valence-electron chi connectivity index (χ0n) is 19.9. The topological polar surface area (TPSA) is 131 Å². The van der Waals surface area contributed by atoms with Crippen LogP contribution in [0.3, 0.4) is 0 Å². The molecule has 11 heteroatoms. The maximum absolute atomic E-state index is 12.6. The lowest BCUT2D eigenvalue weighted by Crippen LogP contribution is -2.10. The molecule has 0 unspecified atom stereocenters. The number of hydrogen-bond acceptors (Lipinski definition) is 8. The molecule has 0 atom stereocenters. The van der Waals surface area contributed by atoms with Crippen LogP contribution < -0.4 is 16.2 Å². The van der Waals surface area contributed by atoms with Gasteiger partial charge in [0.15, 0.2) is 0 Å². The number of hydrogen-bond donors (Lipinski definition) is 2. The Kier molecular flexibility index (Phi) is 9.09. The number of ether oxygens (including phenoxy) is 3. The van der Waals surface area contributed by atoms with Crippen molar-refractivity contribution in [3.05, 3.63) is 95.1 Å². The molecule has 198 valence electrons. The number of alkyl halides is 3. The van der Waals surface area contributed by atoms with Gasteiger partial charge in [-0.2, -0.15) is 13.2 Å². The number of benzene rings is 3. The molecule has 0 spiro atoms. The zero-order valence-corrected chi connectivity index (χ0v) is 19.9. The van der Waals surface area contributed by atoms with E-state index < -0.39 is 29.6 Å². The predicted octanol–water partition coefficient (Wildman–Crippen LogP) is 4.89. The van der Waals surface area contributed by atoms with Crippen LogP contribution in [0.25, 0.3) is 6.08 Å². The van der Waals surface area contributed by atoms with Gasteiger partial charge in [0.25, 0.3) is 0 Å². The van der Waals surface area contributed by atoms with E-state index in [9.17, 15) is 27.6 Å². The number of nitrogens with two attached hydrogens (primary N) is 2. The molecule has 4 N–H and O–H groups in total. The van der Waals surface area contributed by atoms with Crippen LogP contribution in [0.1, 0.15) is 38.3 Å². The summed E-state index contributed by atoms with van der Waals surface area (Å²) in [6.45, 7) is 0.0472. The maximum atomic E-state index is 12.6. The van der Waals surface area contributed by atoms with Gasteiger partial charge in [0.05, 0.1) is 29.9 Å². The highest BCUT2D eigenvalue weighted by Gasteiger charge is 2.30. The van der Waals surface area contributed by atoms with Crippen LogP contribution >= 0.6 is 0 Å². The molecule has 38 heavy (non-hydrogen) atoms. The molecule has 0 fully saturated rings. The molecule has 0 aromatic heterocycles. The summed E-state index contributed by atoms with van der Waals surface area (Å²) >= 11 is 0. The van der Waals surface area contributed by atoms with E-state index >= 15 is 0 Å². The highest BCUT2D eigenvalue weighted by molar-refractivity contribution is 5.92. The lowest BCUT2D eigenvalue weighted by atomic mass is 10.1. The predicted molar refractivity (Wildman–Crippen MR) is 133 cm³/mol. The first-order chi connectivity index (χ1) is 18.0. The zero-order chi connectivity index (χ0) is 27.7. The molecule has 3 aromatic rings. The third-order valence-corrected chi connectivity index (χ3v) is 4.93. The number of halogens is 3. The van der Waals surface area contributed by atoms with Gasteiger partial charge in [-0.1, -0.05) is 12.1 Å². The molecular formula is C27H23F3N2O6. The quantitative estimate of drug-likeness (QED) is 0.132. The Bertz CT molecular complexity index is 1300. The highest BCUT2D eigenvalue weighted by Crippen LogP contribution is 2.29. The molecule has 0 aliphatic rings. The van der Waals surface area contributed by atoms with Crippen LogP contribution in [-0.4, -0.2) is 31.1 Å². The van der Waals surface area contributed by atoms with Crippen molar-refractivity contribution in [3.63, 3.8) is 0 Å². The van der Waals surface area contributed by atoms with Crippen molar-refractivity contribution in [2.45, 2.75) is 12.6 Å². The van der Waals surface area contributed by atoms with Crippen molar-refractivity contribution >= 4 is 35.4 Å². The van der Waals surface area contributed by atoms with Crippen molar-refractivity contribution in [1.82, 2.24) is 0 Å². The van der Waals surface area contributed by atoms with Gasteiger partial charge in [0, 0.05) is 23.9 Å². The Hall–Kier alpha value is -4.80. The number of anilines is 2. The monoisotopic (exact) mass is 528 g/mol. The SMILES string of the molecule is Nc1cc(N)cc(C(=O)OCCCOC(=O)/C=C/c2ccc(OC(=O)c3ccc(C(F)(F)F)cc3)cc2)c1. The van der Waals surface area contributed by atoms with Crippen molar-refractivity contribution in [1.29, 1.82) is 0 Å². The molecule has 0 aliphatic carbocycles. The second kappa shape index (κ2) is 12.4. The summed E-state index contributed by atoms with van der Waals surface area (Å²) in [4.78, 5) is 36.0. The van der Waals surface area contributed by atoms with Gasteiger partial charge < -0.3 is 25.7 Å². The van der Waals surface area contributed by atoms with Gasteiger partial charge in [-0.05, 0) is 66.2 Å². The van der Waals surface area contributed by atoms with E-state index in [-0.39, 0.29) is 36.5 Å². The Morgan fingerprint density at radius 1 is 0.763 bits per heavy atom. The summed E-state index contributed by atoms with van der Waals surface area (Å²) in [5.74, 6) is -1.85. The van der Waals surface area contributed by atoms with E-state index in [0.717, 1.165) is 24.3 Å². The second-order valence-electron chi connectivity index (χ2n) is 7.91. The molecule has 0 aliphatic heterocycles. The summed E-state index contributed by atoms with van der Waals surface area (Å²) in [7, 11) is 0. The third kappa shape index (κ3) is 8.40. The number of nitrogen functional groups attached to an aromatic ring is 2.